The number of aromatic amines is 1. The summed E-state index contributed by atoms with van der Waals surface area (Å²) in [5.74, 6) is 0.318. The van der Waals surface area contributed by atoms with Gasteiger partial charge in [0, 0.05) is 36.2 Å². The van der Waals surface area contributed by atoms with E-state index in [2.05, 4.69) is 36.3 Å². The highest BCUT2D eigenvalue weighted by atomic mass is 16.2. The molecule has 1 aliphatic heterocycles. The quantitative estimate of drug-likeness (QED) is 0.883. The molecule has 2 heterocycles. The van der Waals surface area contributed by atoms with Crippen molar-refractivity contribution in [1.82, 2.24) is 20.4 Å². The van der Waals surface area contributed by atoms with E-state index in [-0.39, 0.29) is 29.2 Å². The van der Waals surface area contributed by atoms with Gasteiger partial charge in [-0.2, -0.15) is 5.10 Å². The third-order valence-electron chi connectivity index (χ3n) is 5.41. The molecule has 138 valence electrons. The molecular weight excluding hydrogens is 316 g/mol. The van der Waals surface area contributed by atoms with Crippen LogP contribution < -0.4 is 5.32 Å². The fourth-order valence-corrected chi connectivity index (χ4v) is 3.77. The topological polar surface area (TPSA) is 78.1 Å². The molecule has 1 aromatic rings. The third-order valence-corrected chi connectivity index (χ3v) is 5.41. The Hall–Kier alpha value is -1.85. The molecule has 0 spiro atoms. The van der Waals surface area contributed by atoms with Crippen LogP contribution in [0.4, 0.5) is 0 Å². The molecule has 0 radical (unpaired) electrons. The Morgan fingerprint density at radius 3 is 2.56 bits per heavy atom. The second-order valence-electron chi connectivity index (χ2n) is 8.50. The lowest BCUT2D eigenvalue weighted by atomic mass is 9.88. The second kappa shape index (κ2) is 7.18. The largest absolute Gasteiger partial charge is 0.346 e. The molecular formula is C19H30N4O2. The molecule has 0 aromatic carbocycles. The molecule has 2 N–H and O–H groups in total. The van der Waals surface area contributed by atoms with Crippen molar-refractivity contribution < 1.29 is 9.59 Å². The van der Waals surface area contributed by atoms with Crippen LogP contribution in [0.1, 0.15) is 75.5 Å². The van der Waals surface area contributed by atoms with E-state index in [4.69, 9.17) is 0 Å². The number of nitrogens with one attached hydrogen (secondary N) is 2. The van der Waals surface area contributed by atoms with Crippen molar-refractivity contribution in [3.63, 3.8) is 0 Å². The summed E-state index contributed by atoms with van der Waals surface area (Å²) in [7, 11) is 0. The average molecular weight is 346 g/mol. The Bertz CT molecular complexity index is 626. The van der Waals surface area contributed by atoms with Crippen LogP contribution >= 0.6 is 0 Å². The molecule has 6 nitrogen and oxygen atoms in total. The first kappa shape index (κ1) is 18.0. The zero-order valence-electron chi connectivity index (χ0n) is 15.6. The van der Waals surface area contributed by atoms with E-state index in [1.54, 1.807) is 0 Å². The van der Waals surface area contributed by atoms with Crippen LogP contribution in [0, 0.1) is 5.92 Å². The van der Waals surface area contributed by atoms with Crippen LogP contribution in [-0.2, 0) is 10.2 Å². The maximum absolute atomic E-state index is 12.6. The van der Waals surface area contributed by atoms with Gasteiger partial charge in [0.15, 0.2) is 0 Å². The molecule has 1 unspecified atom stereocenters. The van der Waals surface area contributed by atoms with Crippen molar-refractivity contribution in [1.29, 1.82) is 0 Å². The lowest BCUT2D eigenvalue weighted by Crippen LogP contribution is -2.40. The smallest absolute Gasteiger partial charge is 0.272 e. The van der Waals surface area contributed by atoms with E-state index >= 15 is 0 Å². The van der Waals surface area contributed by atoms with Crippen molar-refractivity contribution in [3.05, 3.63) is 17.5 Å². The van der Waals surface area contributed by atoms with Gasteiger partial charge in [-0.05, 0) is 25.3 Å². The highest BCUT2D eigenvalue weighted by molar-refractivity contribution is 5.92. The molecule has 2 aliphatic rings. The zero-order chi connectivity index (χ0) is 18.0. The first-order valence-electron chi connectivity index (χ1n) is 9.50. The molecule has 3 rings (SSSR count). The monoisotopic (exact) mass is 346 g/mol. The maximum Gasteiger partial charge on any atom is 0.272 e. The van der Waals surface area contributed by atoms with Gasteiger partial charge in [0.1, 0.15) is 5.69 Å². The lowest BCUT2D eigenvalue weighted by molar-refractivity contribution is -0.135. The molecule has 0 bridgehead atoms. The number of rotatable bonds is 3. The molecule has 1 saturated heterocycles. The van der Waals surface area contributed by atoms with Gasteiger partial charge in [-0.3, -0.25) is 14.7 Å². The summed E-state index contributed by atoms with van der Waals surface area (Å²) < 4.78 is 0. The minimum Gasteiger partial charge on any atom is -0.346 e. The molecule has 6 heteroatoms. The van der Waals surface area contributed by atoms with Crippen molar-refractivity contribution in [3.8, 4) is 0 Å². The van der Waals surface area contributed by atoms with E-state index in [1.165, 1.54) is 19.3 Å². The molecule has 2 fully saturated rings. The fraction of sp³-hybridized carbons (Fsp3) is 0.737. The van der Waals surface area contributed by atoms with Crippen molar-refractivity contribution in [2.45, 2.75) is 70.8 Å². The van der Waals surface area contributed by atoms with Crippen LogP contribution in [0.3, 0.4) is 0 Å². The number of H-pyrrole nitrogens is 1. The zero-order valence-corrected chi connectivity index (χ0v) is 15.6. The minimum atomic E-state index is -0.163. The van der Waals surface area contributed by atoms with Gasteiger partial charge in [-0.15, -0.1) is 0 Å². The van der Waals surface area contributed by atoms with E-state index in [0.717, 1.165) is 31.5 Å². The summed E-state index contributed by atoms with van der Waals surface area (Å²) in [5, 5.41) is 10.1. The van der Waals surface area contributed by atoms with Crippen molar-refractivity contribution in [2.24, 2.45) is 5.92 Å². The van der Waals surface area contributed by atoms with Crippen LogP contribution in [-0.4, -0.2) is 46.0 Å². The molecule has 1 aromatic heterocycles. The van der Waals surface area contributed by atoms with Crippen LogP contribution in [0.5, 0.6) is 0 Å². The highest BCUT2D eigenvalue weighted by Crippen LogP contribution is 2.27. The summed E-state index contributed by atoms with van der Waals surface area (Å²) >= 11 is 0. The summed E-state index contributed by atoms with van der Waals surface area (Å²) in [6.07, 6.45) is 6.45. The number of aromatic nitrogens is 2. The molecule has 1 aliphatic carbocycles. The summed E-state index contributed by atoms with van der Waals surface area (Å²) in [5.41, 5.74) is 1.29. The van der Waals surface area contributed by atoms with Gasteiger partial charge in [-0.1, -0.05) is 40.0 Å². The molecule has 1 atom stereocenters. The van der Waals surface area contributed by atoms with Gasteiger partial charge in [0.25, 0.3) is 5.91 Å². The first-order valence-corrected chi connectivity index (χ1v) is 9.50. The third kappa shape index (κ3) is 4.22. The molecule has 1 saturated carbocycles. The first-order chi connectivity index (χ1) is 11.8. The minimum absolute atomic E-state index is 0.0230. The normalized spacial score (nSPS) is 22.2. The van der Waals surface area contributed by atoms with Crippen LogP contribution in [0.15, 0.2) is 6.07 Å². The van der Waals surface area contributed by atoms with Crippen LogP contribution in [0.25, 0.3) is 0 Å². The van der Waals surface area contributed by atoms with Crippen molar-refractivity contribution >= 4 is 11.8 Å². The second-order valence-corrected chi connectivity index (χ2v) is 8.50. The lowest BCUT2D eigenvalue weighted by Gasteiger charge is -2.26. The van der Waals surface area contributed by atoms with Crippen molar-refractivity contribution in [2.75, 3.05) is 13.1 Å². The van der Waals surface area contributed by atoms with E-state index < -0.39 is 0 Å². The number of carbonyl (C=O) groups excluding carboxylic acids is 2. The number of nitrogens with zero attached hydrogens (tertiary/aromatic N) is 2. The highest BCUT2D eigenvalue weighted by Gasteiger charge is 2.32. The summed E-state index contributed by atoms with van der Waals surface area (Å²) in [6, 6.07) is 1.84. The number of hydrogen-bond acceptors (Lipinski definition) is 3. The Morgan fingerprint density at radius 2 is 1.92 bits per heavy atom. The van der Waals surface area contributed by atoms with Gasteiger partial charge >= 0.3 is 0 Å². The fourth-order valence-electron chi connectivity index (χ4n) is 3.77. The predicted molar refractivity (Wildman–Crippen MR) is 96.3 cm³/mol. The van der Waals surface area contributed by atoms with E-state index in [1.807, 2.05) is 11.0 Å². The van der Waals surface area contributed by atoms with Gasteiger partial charge < -0.3 is 10.2 Å². The van der Waals surface area contributed by atoms with E-state index in [0.29, 0.717) is 12.2 Å². The Kier molecular flexibility index (Phi) is 5.16. The van der Waals surface area contributed by atoms with Crippen LogP contribution in [0.2, 0.25) is 0 Å². The Labute approximate surface area is 149 Å². The predicted octanol–water partition coefficient (Wildman–Crippen LogP) is 2.62. The Morgan fingerprint density at radius 1 is 1.20 bits per heavy atom. The number of likely N-dealkylation sites (tertiary alicyclic amines) is 1. The molecule has 2 amide bonds. The summed E-state index contributed by atoms with van der Waals surface area (Å²) in [4.78, 5) is 27.0. The standard InChI is InChI=1S/C19H30N4O2/c1-19(2,3)16-11-15(21-22-16)17(24)20-14-9-10-23(12-14)18(25)13-7-5-4-6-8-13/h11,13-14H,4-10,12H2,1-3H3,(H,20,24)(H,21,22). The maximum atomic E-state index is 12.6. The number of carbonyl (C=O) groups is 2. The number of amides is 2. The van der Waals surface area contributed by atoms with E-state index in [9.17, 15) is 9.59 Å². The SMILES string of the molecule is CC(C)(C)c1cc(C(=O)NC2CCN(C(=O)C3CCCCC3)C2)n[nH]1. The number of hydrogen-bond donors (Lipinski definition) is 2. The van der Waals surface area contributed by atoms with Gasteiger partial charge in [-0.25, -0.2) is 0 Å². The van der Waals surface area contributed by atoms with Gasteiger partial charge in [0.05, 0.1) is 0 Å². The summed E-state index contributed by atoms with van der Waals surface area (Å²) in [6.45, 7) is 7.60. The van der Waals surface area contributed by atoms with Gasteiger partial charge in [0.2, 0.25) is 5.91 Å². The molecule has 25 heavy (non-hydrogen) atoms. The Balaban J connectivity index is 1.53. The average Bonchev–Trinajstić information content (AvgIpc) is 3.24.